The molecule has 2 N–H and O–H groups in total. The summed E-state index contributed by atoms with van der Waals surface area (Å²) < 4.78 is 0. The van der Waals surface area contributed by atoms with Crippen LogP contribution < -0.4 is 10.2 Å². The SMILES string of the molecule is O[C@@H]1CN(c2cc(Nc3ccccc3C3CC3)ncn2)CC[C@H]1N1CCc2ccccc2C1. The molecule has 1 aromatic heterocycles. The molecular weight excluding hydrogens is 410 g/mol. The van der Waals surface area contributed by atoms with E-state index in [-0.39, 0.29) is 6.04 Å². The molecule has 0 unspecified atom stereocenters. The third-order valence-corrected chi connectivity index (χ3v) is 7.39. The van der Waals surface area contributed by atoms with Gasteiger partial charge in [-0.2, -0.15) is 0 Å². The fraction of sp³-hybridized carbons (Fsp3) is 0.407. The molecule has 1 saturated carbocycles. The number of hydrogen-bond acceptors (Lipinski definition) is 6. The quantitative estimate of drug-likeness (QED) is 0.622. The first-order chi connectivity index (χ1) is 16.2. The maximum absolute atomic E-state index is 11.1. The lowest BCUT2D eigenvalue weighted by Gasteiger charge is -2.43. The fourth-order valence-corrected chi connectivity index (χ4v) is 5.44. The van der Waals surface area contributed by atoms with Gasteiger partial charge in [-0.3, -0.25) is 4.90 Å². The minimum atomic E-state index is -0.397. The van der Waals surface area contributed by atoms with Crippen molar-refractivity contribution in [2.24, 2.45) is 0 Å². The molecule has 0 bridgehead atoms. The second kappa shape index (κ2) is 8.76. The molecule has 2 aromatic carbocycles. The smallest absolute Gasteiger partial charge is 0.135 e. The van der Waals surface area contributed by atoms with Crippen molar-refractivity contribution < 1.29 is 5.11 Å². The number of nitrogens with zero attached hydrogens (tertiary/aromatic N) is 4. The number of aliphatic hydroxyl groups is 1. The molecule has 2 aliphatic heterocycles. The average molecular weight is 442 g/mol. The van der Waals surface area contributed by atoms with E-state index < -0.39 is 6.10 Å². The highest BCUT2D eigenvalue weighted by Gasteiger charge is 2.34. The number of piperidine rings is 1. The summed E-state index contributed by atoms with van der Waals surface area (Å²) >= 11 is 0. The van der Waals surface area contributed by atoms with E-state index >= 15 is 0 Å². The van der Waals surface area contributed by atoms with E-state index in [0.717, 1.165) is 49.8 Å². The number of aliphatic hydroxyl groups excluding tert-OH is 1. The van der Waals surface area contributed by atoms with Gasteiger partial charge in [-0.1, -0.05) is 42.5 Å². The second-order valence-corrected chi connectivity index (χ2v) is 9.61. The molecule has 3 aromatic rings. The number of benzene rings is 2. The number of hydrogen-bond donors (Lipinski definition) is 2. The topological polar surface area (TPSA) is 64.5 Å². The molecule has 3 aliphatic rings. The molecule has 0 amide bonds. The van der Waals surface area contributed by atoms with Crippen molar-refractivity contribution in [3.05, 3.63) is 77.6 Å². The molecule has 2 fully saturated rings. The molecule has 170 valence electrons. The summed E-state index contributed by atoms with van der Waals surface area (Å²) in [6.07, 6.45) is 5.75. The van der Waals surface area contributed by atoms with Gasteiger partial charge in [0.1, 0.15) is 18.0 Å². The van der Waals surface area contributed by atoms with E-state index in [2.05, 4.69) is 73.6 Å². The molecule has 6 heteroatoms. The number of fused-ring (bicyclic) bond motifs is 1. The highest BCUT2D eigenvalue weighted by atomic mass is 16.3. The summed E-state index contributed by atoms with van der Waals surface area (Å²) in [7, 11) is 0. The number of rotatable bonds is 5. The van der Waals surface area contributed by atoms with Gasteiger partial charge in [0.05, 0.1) is 6.10 Å². The first-order valence-corrected chi connectivity index (χ1v) is 12.2. The Morgan fingerprint density at radius 3 is 2.58 bits per heavy atom. The van der Waals surface area contributed by atoms with E-state index in [1.807, 2.05) is 6.07 Å². The maximum atomic E-state index is 11.1. The average Bonchev–Trinajstić information content (AvgIpc) is 3.70. The molecule has 1 aliphatic carbocycles. The van der Waals surface area contributed by atoms with Gasteiger partial charge < -0.3 is 15.3 Å². The third-order valence-electron chi connectivity index (χ3n) is 7.39. The Bertz CT molecular complexity index is 1130. The lowest BCUT2D eigenvalue weighted by Crippen LogP contribution is -2.55. The van der Waals surface area contributed by atoms with Gasteiger partial charge in [-0.15, -0.1) is 0 Å². The molecule has 33 heavy (non-hydrogen) atoms. The van der Waals surface area contributed by atoms with Crippen LogP contribution in [0.4, 0.5) is 17.3 Å². The molecule has 3 heterocycles. The molecule has 0 spiro atoms. The highest BCUT2D eigenvalue weighted by Crippen LogP contribution is 2.43. The lowest BCUT2D eigenvalue weighted by molar-refractivity contribution is 0.0293. The van der Waals surface area contributed by atoms with Gasteiger partial charge in [0.15, 0.2) is 0 Å². The van der Waals surface area contributed by atoms with E-state index in [1.165, 1.54) is 29.5 Å². The Hall–Kier alpha value is -2.96. The van der Waals surface area contributed by atoms with Crippen LogP contribution in [0.5, 0.6) is 0 Å². The predicted molar refractivity (Wildman–Crippen MR) is 131 cm³/mol. The van der Waals surface area contributed by atoms with Crippen LogP contribution >= 0.6 is 0 Å². The summed E-state index contributed by atoms with van der Waals surface area (Å²) in [4.78, 5) is 13.6. The zero-order valence-electron chi connectivity index (χ0n) is 18.9. The van der Waals surface area contributed by atoms with Crippen LogP contribution in [0, 0.1) is 0 Å². The van der Waals surface area contributed by atoms with Crippen LogP contribution in [0.3, 0.4) is 0 Å². The van der Waals surface area contributed by atoms with Gasteiger partial charge in [0.2, 0.25) is 0 Å². The number of anilines is 3. The van der Waals surface area contributed by atoms with Crippen molar-refractivity contribution in [3.63, 3.8) is 0 Å². The second-order valence-electron chi connectivity index (χ2n) is 9.61. The van der Waals surface area contributed by atoms with Crippen molar-refractivity contribution in [2.75, 3.05) is 29.9 Å². The Morgan fingerprint density at radius 1 is 0.909 bits per heavy atom. The third kappa shape index (κ3) is 4.33. The summed E-state index contributed by atoms with van der Waals surface area (Å²) in [5.74, 6) is 2.35. The maximum Gasteiger partial charge on any atom is 0.135 e. The Labute approximate surface area is 195 Å². The minimum Gasteiger partial charge on any atom is -0.390 e. The van der Waals surface area contributed by atoms with E-state index in [1.54, 1.807) is 6.33 Å². The fourth-order valence-electron chi connectivity index (χ4n) is 5.44. The first kappa shape index (κ1) is 20.6. The van der Waals surface area contributed by atoms with Gasteiger partial charge >= 0.3 is 0 Å². The molecule has 0 radical (unpaired) electrons. The van der Waals surface area contributed by atoms with Crippen molar-refractivity contribution in [1.82, 2.24) is 14.9 Å². The summed E-state index contributed by atoms with van der Waals surface area (Å²) in [5, 5.41) is 14.6. The van der Waals surface area contributed by atoms with Crippen LogP contribution in [0.2, 0.25) is 0 Å². The molecule has 6 nitrogen and oxygen atoms in total. The van der Waals surface area contributed by atoms with Crippen LogP contribution in [-0.2, 0) is 13.0 Å². The van der Waals surface area contributed by atoms with E-state index in [9.17, 15) is 5.11 Å². The van der Waals surface area contributed by atoms with E-state index in [4.69, 9.17) is 0 Å². The molecule has 1 saturated heterocycles. The minimum absolute atomic E-state index is 0.194. The zero-order valence-corrected chi connectivity index (χ0v) is 18.9. The highest BCUT2D eigenvalue weighted by molar-refractivity contribution is 5.64. The predicted octanol–water partition coefficient (Wildman–Crippen LogP) is 4.10. The van der Waals surface area contributed by atoms with Crippen LogP contribution in [0.25, 0.3) is 0 Å². The van der Waals surface area contributed by atoms with Crippen molar-refractivity contribution in [3.8, 4) is 0 Å². The Balaban J connectivity index is 1.13. The van der Waals surface area contributed by atoms with Gasteiger partial charge in [0.25, 0.3) is 0 Å². The molecule has 6 rings (SSSR count). The lowest BCUT2D eigenvalue weighted by atomic mass is 9.94. The number of β-amino-alcohol motifs (C(OH)–C–C–N with tert-alkyl or cyclic N) is 1. The number of para-hydroxylation sites is 1. The summed E-state index contributed by atoms with van der Waals surface area (Å²) in [6, 6.07) is 19.4. The first-order valence-electron chi connectivity index (χ1n) is 12.2. The van der Waals surface area contributed by atoms with E-state index in [0.29, 0.717) is 12.5 Å². The largest absolute Gasteiger partial charge is 0.390 e. The van der Waals surface area contributed by atoms with Crippen LogP contribution in [0.15, 0.2) is 60.9 Å². The zero-order chi connectivity index (χ0) is 22.2. The number of aromatic nitrogens is 2. The molecule has 2 atom stereocenters. The van der Waals surface area contributed by atoms with Crippen LogP contribution in [0.1, 0.15) is 41.9 Å². The standard InChI is InChI=1S/C27H31N5O/c33-25-17-32(14-12-24(25)31-13-11-19-5-1-2-6-21(19)16-31)27-15-26(28-18-29-27)30-23-8-4-3-7-22(23)20-9-10-20/h1-8,15,18,20,24-25,33H,9-14,16-17H2,(H,28,29,30)/t24-,25-/m1/s1. The Morgan fingerprint density at radius 2 is 1.73 bits per heavy atom. The van der Waals surface area contributed by atoms with Gasteiger partial charge in [-0.05, 0) is 54.4 Å². The normalized spacial score (nSPS) is 23.2. The van der Waals surface area contributed by atoms with Gasteiger partial charge in [0, 0.05) is 44.0 Å². The number of nitrogens with one attached hydrogen (secondary N) is 1. The molecular formula is C27H31N5O. The van der Waals surface area contributed by atoms with Crippen LogP contribution in [-0.4, -0.2) is 51.8 Å². The van der Waals surface area contributed by atoms with Crippen molar-refractivity contribution in [2.45, 2.75) is 50.3 Å². The monoisotopic (exact) mass is 441 g/mol. The Kier molecular flexibility index (Phi) is 5.48. The van der Waals surface area contributed by atoms with Crippen molar-refractivity contribution in [1.29, 1.82) is 0 Å². The summed E-state index contributed by atoms with van der Waals surface area (Å²) in [5.41, 5.74) is 5.35. The van der Waals surface area contributed by atoms with Gasteiger partial charge in [-0.25, -0.2) is 9.97 Å². The van der Waals surface area contributed by atoms with Crippen molar-refractivity contribution >= 4 is 17.3 Å². The summed E-state index contributed by atoms with van der Waals surface area (Å²) in [6.45, 7) is 3.42.